The number of unbranched alkanes of at least 4 members (excludes halogenated alkanes) is 1. The van der Waals surface area contributed by atoms with Crippen LogP contribution in [0.4, 0.5) is 0 Å². The fraction of sp³-hybridized carbons (Fsp3) is 1.00. The van der Waals surface area contributed by atoms with Crippen LogP contribution in [0, 0.1) is 0 Å². The van der Waals surface area contributed by atoms with Crippen molar-refractivity contribution in [3.05, 3.63) is 0 Å². The summed E-state index contributed by atoms with van der Waals surface area (Å²) >= 11 is 0. The van der Waals surface area contributed by atoms with Crippen molar-refractivity contribution < 1.29 is 35.8 Å². The van der Waals surface area contributed by atoms with Gasteiger partial charge in [0.05, 0.1) is 6.61 Å². The molecule has 0 aromatic carbocycles. The summed E-state index contributed by atoms with van der Waals surface area (Å²) < 4.78 is 0. The van der Waals surface area contributed by atoms with E-state index in [1.807, 2.05) is 0 Å². The minimum Gasteiger partial charge on any atom is -1.00 e. The van der Waals surface area contributed by atoms with Gasteiger partial charge in [0.1, 0.15) is 0 Å². The molecule has 0 amide bonds. The quantitative estimate of drug-likeness (QED) is 0.296. The predicted molar refractivity (Wildman–Crippen MR) is 40.3 cm³/mol. The summed E-state index contributed by atoms with van der Waals surface area (Å²) in [6.07, 6.45) is 3.48. The van der Waals surface area contributed by atoms with E-state index >= 15 is 0 Å². The molecular weight excluding hydrogens is 137 g/mol. The zero-order valence-electron chi connectivity index (χ0n) is 8.44. The third-order valence-electron chi connectivity index (χ3n) is 1.05. The van der Waals surface area contributed by atoms with Crippen LogP contribution in [0.1, 0.15) is 34.5 Å². The van der Waals surface area contributed by atoms with Crippen molar-refractivity contribution in [1.29, 1.82) is 0 Å². The van der Waals surface area contributed by atoms with Crippen molar-refractivity contribution >= 4 is 0 Å². The summed E-state index contributed by atoms with van der Waals surface area (Å²) in [5.41, 5.74) is 2.87. The van der Waals surface area contributed by atoms with Gasteiger partial charge in [-0.15, -0.1) is 0 Å². The largest absolute Gasteiger partial charge is 1.00 e. The number of hydrogen-bond acceptors (Lipinski definition) is 2. The van der Waals surface area contributed by atoms with Crippen molar-refractivity contribution in [2.45, 2.75) is 33.1 Å². The molecule has 0 heterocycles. The molecule has 3 heteroatoms. The van der Waals surface area contributed by atoms with Crippen LogP contribution < -0.4 is 35.0 Å². The average molecular weight is 155 g/mol. The first kappa shape index (κ1) is 13.5. The van der Waals surface area contributed by atoms with Crippen LogP contribution in [0.2, 0.25) is 0 Å². The molecule has 0 fully saturated rings. The summed E-state index contributed by atoms with van der Waals surface area (Å²) in [6, 6.07) is 0. The summed E-state index contributed by atoms with van der Waals surface area (Å²) in [6.45, 7) is 6.08. The minimum absolute atomic E-state index is 0. The van der Waals surface area contributed by atoms with E-state index in [1.54, 1.807) is 0 Å². The normalized spacial score (nSPS) is 9.00. The molecule has 1 N–H and O–H groups in total. The standard InChI is InChI=1S/C7H17NO.Na.H/c1-3-5-7-9-8-6-4-2;;/h8H,3-7H2,1-2H3;;/q;+1;-1. The van der Waals surface area contributed by atoms with E-state index in [2.05, 4.69) is 19.3 Å². The van der Waals surface area contributed by atoms with Crippen molar-refractivity contribution in [1.82, 2.24) is 5.48 Å². The molecule has 0 aromatic rings. The molecule has 0 unspecified atom stereocenters. The third-order valence-corrected chi connectivity index (χ3v) is 1.05. The summed E-state index contributed by atoms with van der Waals surface area (Å²) in [5, 5.41) is 0. The van der Waals surface area contributed by atoms with Gasteiger partial charge >= 0.3 is 29.6 Å². The van der Waals surface area contributed by atoms with Crippen molar-refractivity contribution in [3.8, 4) is 0 Å². The zero-order chi connectivity index (χ0) is 6.95. The molecule has 0 bridgehead atoms. The Morgan fingerprint density at radius 2 is 2.00 bits per heavy atom. The van der Waals surface area contributed by atoms with Gasteiger partial charge < -0.3 is 6.26 Å². The molecule has 2 nitrogen and oxygen atoms in total. The van der Waals surface area contributed by atoms with Gasteiger partial charge in [-0.3, -0.25) is 0 Å². The van der Waals surface area contributed by atoms with Gasteiger partial charge in [0.25, 0.3) is 0 Å². The molecule has 58 valence electrons. The summed E-state index contributed by atoms with van der Waals surface area (Å²) in [7, 11) is 0. The Labute approximate surface area is 87.4 Å². The van der Waals surface area contributed by atoms with Crippen LogP contribution in [0.5, 0.6) is 0 Å². The first-order valence-electron chi connectivity index (χ1n) is 3.76. The number of hydrogen-bond donors (Lipinski definition) is 1. The average Bonchev–Trinajstić information content (AvgIpc) is 1.89. The van der Waals surface area contributed by atoms with E-state index < -0.39 is 0 Å². The van der Waals surface area contributed by atoms with Gasteiger partial charge in [-0.1, -0.05) is 20.3 Å². The maximum atomic E-state index is 5.06. The predicted octanol–water partition coefficient (Wildman–Crippen LogP) is -1.17. The first-order chi connectivity index (χ1) is 4.41. The third kappa shape index (κ3) is 11.7. The SMILES string of the molecule is CCCCONCCC.[H-].[Na+]. The Balaban J connectivity index is -0.000000320. The van der Waals surface area contributed by atoms with Crippen LogP contribution in [0.25, 0.3) is 0 Å². The Kier molecular flexibility index (Phi) is 17.0. The molecule has 0 aromatic heterocycles. The van der Waals surface area contributed by atoms with Gasteiger partial charge in [0.15, 0.2) is 0 Å². The second kappa shape index (κ2) is 12.6. The maximum Gasteiger partial charge on any atom is 1.00 e. The van der Waals surface area contributed by atoms with Crippen LogP contribution in [0.15, 0.2) is 0 Å². The monoisotopic (exact) mass is 155 g/mol. The van der Waals surface area contributed by atoms with E-state index in [-0.39, 0.29) is 31.0 Å². The van der Waals surface area contributed by atoms with E-state index in [4.69, 9.17) is 4.84 Å². The van der Waals surface area contributed by atoms with Crippen LogP contribution in [-0.2, 0) is 4.84 Å². The van der Waals surface area contributed by atoms with Gasteiger partial charge in [-0.25, -0.2) is 5.48 Å². The van der Waals surface area contributed by atoms with Gasteiger partial charge in [-0.05, 0) is 12.8 Å². The second-order valence-corrected chi connectivity index (χ2v) is 2.10. The van der Waals surface area contributed by atoms with E-state index in [0.717, 1.165) is 26.0 Å². The van der Waals surface area contributed by atoms with Gasteiger partial charge in [0.2, 0.25) is 0 Å². The molecule has 0 saturated carbocycles. The minimum atomic E-state index is 0. The molecule has 0 aliphatic rings. The topological polar surface area (TPSA) is 21.3 Å². The molecular formula is C7H18NNaO. The Morgan fingerprint density at radius 1 is 1.30 bits per heavy atom. The number of nitrogens with one attached hydrogen (secondary N) is 1. The van der Waals surface area contributed by atoms with Gasteiger partial charge in [-0.2, -0.15) is 0 Å². The molecule has 0 aliphatic carbocycles. The molecule has 0 saturated heterocycles. The van der Waals surface area contributed by atoms with E-state index in [9.17, 15) is 0 Å². The van der Waals surface area contributed by atoms with E-state index in [0.29, 0.717) is 0 Å². The van der Waals surface area contributed by atoms with Crippen molar-refractivity contribution in [2.24, 2.45) is 0 Å². The maximum absolute atomic E-state index is 5.06. The zero-order valence-corrected chi connectivity index (χ0v) is 9.44. The van der Waals surface area contributed by atoms with Crippen LogP contribution in [-0.4, -0.2) is 13.2 Å². The molecule has 10 heavy (non-hydrogen) atoms. The molecule has 0 atom stereocenters. The summed E-state index contributed by atoms with van der Waals surface area (Å²) in [5.74, 6) is 0. The van der Waals surface area contributed by atoms with Crippen LogP contribution in [0.3, 0.4) is 0 Å². The first-order valence-corrected chi connectivity index (χ1v) is 3.76. The number of rotatable bonds is 6. The van der Waals surface area contributed by atoms with Gasteiger partial charge in [0, 0.05) is 6.54 Å². The Hall–Kier alpha value is 0.920. The Morgan fingerprint density at radius 3 is 2.50 bits per heavy atom. The molecule has 0 rings (SSSR count). The van der Waals surface area contributed by atoms with Crippen molar-refractivity contribution in [3.63, 3.8) is 0 Å². The van der Waals surface area contributed by atoms with E-state index in [1.165, 1.54) is 6.42 Å². The molecule has 0 aliphatic heterocycles. The van der Waals surface area contributed by atoms with Crippen LogP contribution >= 0.6 is 0 Å². The Bertz CT molecular complexity index is 51.7. The molecule has 0 radical (unpaired) electrons. The fourth-order valence-corrected chi connectivity index (χ4v) is 0.463. The second-order valence-electron chi connectivity index (χ2n) is 2.10. The van der Waals surface area contributed by atoms with Crippen molar-refractivity contribution in [2.75, 3.05) is 13.2 Å². The smallest absolute Gasteiger partial charge is 1.00 e. The fourth-order valence-electron chi connectivity index (χ4n) is 0.463. The summed E-state index contributed by atoms with van der Waals surface area (Å²) in [4.78, 5) is 5.06. The number of hydroxylamine groups is 1. The molecule has 0 spiro atoms.